The van der Waals surface area contributed by atoms with Crippen molar-refractivity contribution in [2.75, 3.05) is 6.61 Å². The van der Waals surface area contributed by atoms with Crippen molar-refractivity contribution in [1.29, 1.82) is 0 Å². The van der Waals surface area contributed by atoms with E-state index in [0.29, 0.717) is 12.5 Å². The summed E-state index contributed by atoms with van der Waals surface area (Å²) >= 11 is 0. The van der Waals surface area contributed by atoms with Crippen molar-refractivity contribution < 1.29 is 4.74 Å². The Kier molecular flexibility index (Phi) is 3.79. The summed E-state index contributed by atoms with van der Waals surface area (Å²) in [5.74, 6) is 0.648. The van der Waals surface area contributed by atoms with Gasteiger partial charge in [0, 0.05) is 11.1 Å². The van der Waals surface area contributed by atoms with Crippen LogP contribution in [0.25, 0.3) is 22.4 Å². The highest BCUT2D eigenvalue weighted by molar-refractivity contribution is 6.06. The van der Waals surface area contributed by atoms with Gasteiger partial charge >= 0.3 is 0 Å². The molecule has 4 rings (SSSR count). The molecule has 1 aliphatic rings. The summed E-state index contributed by atoms with van der Waals surface area (Å²) in [6, 6.07) is 20.4. The fraction of sp³-hybridized carbons (Fsp3) is 0.150. The largest absolute Gasteiger partial charge is 0.475 e. The van der Waals surface area contributed by atoms with Crippen LogP contribution in [0, 0.1) is 0 Å². The summed E-state index contributed by atoms with van der Waals surface area (Å²) in [6.45, 7) is 2.64. The van der Waals surface area contributed by atoms with Crippen molar-refractivity contribution in [3.63, 3.8) is 0 Å². The van der Waals surface area contributed by atoms with E-state index in [1.807, 2.05) is 55.5 Å². The maximum Gasteiger partial charge on any atom is 0.219 e. The van der Waals surface area contributed by atoms with Gasteiger partial charge in [-0.05, 0) is 12.5 Å². The second-order valence-electron chi connectivity index (χ2n) is 5.81. The lowest BCUT2D eigenvalue weighted by Crippen LogP contribution is -2.08. The van der Waals surface area contributed by atoms with Crippen LogP contribution in [-0.2, 0) is 4.74 Å². The Morgan fingerprint density at radius 1 is 0.917 bits per heavy atom. The predicted molar refractivity (Wildman–Crippen MR) is 94.9 cm³/mol. The molecule has 118 valence electrons. The Balaban J connectivity index is 1.97. The molecule has 2 aromatic carbocycles. The number of aromatic nitrogens is 2. The Morgan fingerprint density at radius 3 is 2.21 bits per heavy atom. The third-order valence-electron chi connectivity index (χ3n) is 4.00. The van der Waals surface area contributed by atoms with Gasteiger partial charge in [0.2, 0.25) is 5.90 Å². The lowest BCUT2D eigenvalue weighted by atomic mass is 9.97. The van der Waals surface area contributed by atoms with Gasteiger partial charge in [0.25, 0.3) is 0 Å². The molecule has 2 heterocycles. The van der Waals surface area contributed by atoms with Crippen LogP contribution in [0.4, 0.5) is 0 Å². The summed E-state index contributed by atoms with van der Waals surface area (Å²) in [5, 5.41) is 8.62. The molecule has 3 aromatic rings. The molecule has 24 heavy (non-hydrogen) atoms. The minimum Gasteiger partial charge on any atom is -0.475 e. The van der Waals surface area contributed by atoms with E-state index in [0.717, 1.165) is 27.9 Å². The van der Waals surface area contributed by atoms with E-state index in [4.69, 9.17) is 4.74 Å². The molecule has 0 fully saturated rings. The van der Waals surface area contributed by atoms with E-state index >= 15 is 0 Å². The van der Waals surface area contributed by atoms with Crippen molar-refractivity contribution in [3.8, 4) is 22.4 Å². The number of ether oxygens (including phenoxy) is 1. The highest BCUT2D eigenvalue weighted by Crippen LogP contribution is 2.32. The summed E-state index contributed by atoms with van der Waals surface area (Å²) in [4.78, 5) is 4.66. The summed E-state index contributed by atoms with van der Waals surface area (Å²) in [7, 11) is 0. The van der Waals surface area contributed by atoms with Gasteiger partial charge in [0.1, 0.15) is 12.3 Å². The monoisotopic (exact) mass is 315 g/mol. The smallest absolute Gasteiger partial charge is 0.219 e. The average Bonchev–Trinajstić information content (AvgIpc) is 3.08. The first-order valence-electron chi connectivity index (χ1n) is 8.00. The van der Waals surface area contributed by atoms with Crippen LogP contribution < -0.4 is 0 Å². The van der Waals surface area contributed by atoms with E-state index in [-0.39, 0.29) is 6.04 Å². The van der Waals surface area contributed by atoms with Gasteiger partial charge in [-0.3, -0.25) is 0 Å². The van der Waals surface area contributed by atoms with Crippen molar-refractivity contribution >= 4 is 5.90 Å². The fourth-order valence-corrected chi connectivity index (χ4v) is 2.85. The number of aliphatic imine (C=N–C) groups is 1. The van der Waals surface area contributed by atoms with Crippen LogP contribution in [-0.4, -0.2) is 28.7 Å². The molecule has 1 aliphatic heterocycles. The Morgan fingerprint density at radius 2 is 1.58 bits per heavy atom. The van der Waals surface area contributed by atoms with Gasteiger partial charge in [-0.1, -0.05) is 60.7 Å². The maximum absolute atomic E-state index is 5.86. The van der Waals surface area contributed by atoms with Crippen LogP contribution in [0.15, 0.2) is 71.9 Å². The highest BCUT2D eigenvalue weighted by Gasteiger charge is 2.24. The van der Waals surface area contributed by atoms with Crippen molar-refractivity contribution in [2.45, 2.75) is 13.0 Å². The second-order valence-corrected chi connectivity index (χ2v) is 5.81. The maximum atomic E-state index is 5.86. The first-order valence-corrected chi connectivity index (χ1v) is 8.00. The van der Waals surface area contributed by atoms with Gasteiger partial charge in [-0.25, -0.2) is 4.99 Å². The zero-order chi connectivity index (χ0) is 16.4. The topological polar surface area (TPSA) is 47.4 Å². The van der Waals surface area contributed by atoms with E-state index in [2.05, 4.69) is 27.3 Å². The summed E-state index contributed by atoms with van der Waals surface area (Å²) in [5.41, 5.74) is 4.77. The number of benzene rings is 2. The second kappa shape index (κ2) is 6.24. The van der Waals surface area contributed by atoms with E-state index in [1.165, 1.54) is 0 Å². The normalized spacial score (nSPS) is 16.5. The quantitative estimate of drug-likeness (QED) is 0.734. The van der Waals surface area contributed by atoms with Crippen molar-refractivity contribution in [1.82, 2.24) is 10.2 Å². The molecule has 0 saturated heterocycles. The summed E-state index contributed by atoms with van der Waals surface area (Å²) in [6.07, 6.45) is 1.78. The van der Waals surface area contributed by atoms with Gasteiger partial charge < -0.3 is 4.74 Å². The fourth-order valence-electron chi connectivity index (χ4n) is 2.85. The molecule has 0 aliphatic carbocycles. The van der Waals surface area contributed by atoms with Crippen molar-refractivity contribution in [2.24, 2.45) is 4.99 Å². The van der Waals surface area contributed by atoms with Crippen LogP contribution in [0.3, 0.4) is 0 Å². The summed E-state index contributed by atoms with van der Waals surface area (Å²) < 4.78 is 5.86. The van der Waals surface area contributed by atoms with Gasteiger partial charge in [-0.2, -0.15) is 5.10 Å². The molecule has 0 radical (unpaired) electrons. The minimum atomic E-state index is 0.153. The third-order valence-corrected chi connectivity index (χ3v) is 4.00. The van der Waals surface area contributed by atoms with E-state index < -0.39 is 0 Å². The molecule has 0 amide bonds. The molecule has 4 nitrogen and oxygen atoms in total. The molecule has 1 aromatic heterocycles. The Hall–Kier alpha value is -3.01. The van der Waals surface area contributed by atoms with E-state index in [9.17, 15) is 0 Å². The van der Waals surface area contributed by atoms with Crippen LogP contribution >= 0.6 is 0 Å². The highest BCUT2D eigenvalue weighted by atomic mass is 16.5. The number of nitrogens with zero attached hydrogens (tertiary/aromatic N) is 3. The van der Waals surface area contributed by atoms with Crippen LogP contribution in [0.5, 0.6) is 0 Å². The first kappa shape index (κ1) is 14.6. The molecule has 4 heteroatoms. The minimum absolute atomic E-state index is 0.153. The van der Waals surface area contributed by atoms with Crippen LogP contribution in [0.1, 0.15) is 12.5 Å². The molecule has 1 unspecified atom stereocenters. The van der Waals surface area contributed by atoms with Crippen molar-refractivity contribution in [3.05, 3.63) is 72.4 Å². The molecule has 0 spiro atoms. The molecular weight excluding hydrogens is 298 g/mol. The molecule has 0 N–H and O–H groups in total. The number of hydrogen-bond donors (Lipinski definition) is 0. The zero-order valence-corrected chi connectivity index (χ0v) is 13.4. The lowest BCUT2D eigenvalue weighted by molar-refractivity contribution is 0.324. The van der Waals surface area contributed by atoms with E-state index in [1.54, 1.807) is 6.20 Å². The van der Waals surface area contributed by atoms with Crippen LogP contribution in [0.2, 0.25) is 0 Å². The SMILES string of the molecule is CC1COC(c2c(-c3ccccc3)cnnc2-c2ccccc2)=N1. The zero-order valence-electron chi connectivity index (χ0n) is 13.4. The Bertz CT molecular complexity index is 818. The first-order chi connectivity index (χ1) is 11.8. The lowest BCUT2D eigenvalue weighted by Gasteiger charge is -2.13. The number of rotatable bonds is 3. The van der Waals surface area contributed by atoms with Gasteiger partial charge in [-0.15, -0.1) is 5.10 Å². The average molecular weight is 315 g/mol. The number of hydrogen-bond acceptors (Lipinski definition) is 4. The standard InChI is InChI=1S/C20H17N3O/c1-14-13-24-20(22-14)18-17(15-8-4-2-5-9-15)12-21-23-19(18)16-10-6-3-7-11-16/h2-12,14H,13H2,1H3. The molecule has 0 bridgehead atoms. The Labute approximate surface area is 140 Å². The molecule has 1 atom stereocenters. The predicted octanol–water partition coefficient (Wildman–Crippen LogP) is 3.98. The molecular formula is C20H17N3O. The third kappa shape index (κ3) is 2.67. The molecule has 0 saturated carbocycles. The van der Waals surface area contributed by atoms with Gasteiger partial charge in [0.05, 0.1) is 17.8 Å². The van der Waals surface area contributed by atoms with Gasteiger partial charge in [0.15, 0.2) is 0 Å².